The third kappa shape index (κ3) is 4.75. The van der Waals surface area contributed by atoms with Crippen molar-refractivity contribution in [3.8, 4) is 0 Å². The van der Waals surface area contributed by atoms with Crippen molar-refractivity contribution in [2.24, 2.45) is 11.8 Å². The van der Waals surface area contributed by atoms with Crippen molar-refractivity contribution in [2.75, 3.05) is 6.54 Å². The molecule has 2 nitrogen and oxygen atoms in total. The van der Waals surface area contributed by atoms with Crippen molar-refractivity contribution in [3.63, 3.8) is 0 Å². The van der Waals surface area contributed by atoms with E-state index in [4.69, 9.17) is 0 Å². The van der Waals surface area contributed by atoms with Gasteiger partial charge in [-0.25, -0.2) is 0 Å². The van der Waals surface area contributed by atoms with Gasteiger partial charge in [0.25, 0.3) is 0 Å². The predicted molar refractivity (Wildman–Crippen MR) is 81.2 cm³/mol. The molecule has 2 rings (SSSR count). The first-order valence-corrected chi connectivity index (χ1v) is 8.55. The Morgan fingerprint density at radius 1 is 1.00 bits per heavy atom. The van der Waals surface area contributed by atoms with E-state index < -0.39 is 5.60 Å². The van der Waals surface area contributed by atoms with E-state index in [1.807, 2.05) is 0 Å². The first-order valence-electron chi connectivity index (χ1n) is 8.55. The standard InChI is InChI=1S/C17H33NO/c1-14(2)15-7-6-8-16(10-9-15)18-13-17(19)11-4-3-5-12-17/h14-16,18-19H,3-13H2,1-2H3. The Kier molecular flexibility index (Phi) is 5.70. The molecule has 0 heterocycles. The summed E-state index contributed by atoms with van der Waals surface area (Å²) < 4.78 is 0. The Bertz CT molecular complexity index is 258. The van der Waals surface area contributed by atoms with Gasteiger partial charge >= 0.3 is 0 Å². The summed E-state index contributed by atoms with van der Waals surface area (Å²) in [4.78, 5) is 0. The highest BCUT2D eigenvalue weighted by atomic mass is 16.3. The zero-order valence-corrected chi connectivity index (χ0v) is 13.0. The summed E-state index contributed by atoms with van der Waals surface area (Å²) in [6.45, 7) is 5.55. The normalized spacial score (nSPS) is 32.2. The van der Waals surface area contributed by atoms with E-state index in [0.29, 0.717) is 6.04 Å². The molecule has 0 aromatic heterocycles. The molecule has 2 aliphatic rings. The van der Waals surface area contributed by atoms with Crippen LogP contribution in [0.3, 0.4) is 0 Å². The third-order valence-electron chi connectivity index (χ3n) is 5.46. The number of rotatable bonds is 4. The third-order valence-corrected chi connectivity index (χ3v) is 5.46. The molecule has 0 spiro atoms. The molecule has 2 aliphatic carbocycles. The Morgan fingerprint density at radius 2 is 1.74 bits per heavy atom. The van der Waals surface area contributed by atoms with Crippen molar-refractivity contribution in [1.82, 2.24) is 5.32 Å². The van der Waals surface area contributed by atoms with Crippen molar-refractivity contribution in [2.45, 2.75) is 89.7 Å². The Morgan fingerprint density at radius 3 is 2.42 bits per heavy atom. The number of hydrogen-bond donors (Lipinski definition) is 2. The van der Waals surface area contributed by atoms with Gasteiger partial charge < -0.3 is 10.4 Å². The second-order valence-corrected chi connectivity index (χ2v) is 7.38. The molecule has 0 amide bonds. The van der Waals surface area contributed by atoms with Gasteiger partial charge in [-0.1, -0.05) is 46.0 Å². The predicted octanol–water partition coefficient (Wildman–Crippen LogP) is 3.88. The molecule has 0 radical (unpaired) electrons. The minimum absolute atomic E-state index is 0.401. The Hall–Kier alpha value is -0.0800. The SMILES string of the molecule is CC(C)C1CCCC(NCC2(O)CCCCC2)CC1. The van der Waals surface area contributed by atoms with Crippen LogP contribution >= 0.6 is 0 Å². The lowest BCUT2D eigenvalue weighted by Crippen LogP contribution is -2.45. The molecular formula is C17H33NO. The maximum absolute atomic E-state index is 10.5. The molecule has 0 saturated heterocycles. The van der Waals surface area contributed by atoms with Crippen molar-refractivity contribution in [3.05, 3.63) is 0 Å². The topological polar surface area (TPSA) is 32.3 Å². The van der Waals surface area contributed by atoms with Gasteiger partial charge in [-0.2, -0.15) is 0 Å². The van der Waals surface area contributed by atoms with Crippen LogP contribution in [0.25, 0.3) is 0 Å². The van der Waals surface area contributed by atoms with Gasteiger partial charge in [0.1, 0.15) is 0 Å². The molecule has 2 unspecified atom stereocenters. The Labute approximate surface area is 119 Å². The van der Waals surface area contributed by atoms with Crippen LogP contribution in [0.4, 0.5) is 0 Å². The largest absolute Gasteiger partial charge is 0.389 e. The van der Waals surface area contributed by atoms with E-state index in [2.05, 4.69) is 19.2 Å². The lowest BCUT2D eigenvalue weighted by Gasteiger charge is -2.34. The molecule has 0 aliphatic heterocycles. The van der Waals surface area contributed by atoms with Crippen LogP contribution in [0.2, 0.25) is 0 Å². The van der Waals surface area contributed by atoms with Gasteiger partial charge in [0.15, 0.2) is 0 Å². The van der Waals surface area contributed by atoms with Crippen LogP contribution in [0, 0.1) is 11.8 Å². The van der Waals surface area contributed by atoms with Crippen LogP contribution in [0.1, 0.15) is 78.1 Å². The maximum atomic E-state index is 10.5. The van der Waals surface area contributed by atoms with Crippen molar-refractivity contribution >= 4 is 0 Å². The van der Waals surface area contributed by atoms with Crippen LogP contribution in [-0.4, -0.2) is 23.3 Å². The number of nitrogens with one attached hydrogen (secondary N) is 1. The monoisotopic (exact) mass is 267 g/mol. The number of hydrogen-bond acceptors (Lipinski definition) is 2. The molecule has 112 valence electrons. The van der Waals surface area contributed by atoms with Gasteiger partial charge in [0.05, 0.1) is 5.60 Å². The molecule has 2 heteroatoms. The van der Waals surface area contributed by atoms with Crippen LogP contribution in [0.15, 0.2) is 0 Å². The lowest BCUT2D eigenvalue weighted by molar-refractivity contribution is 0.00223. The summed E-state index contributed by atoms with van der Waals surface area (Å²) in [6.07, 6.45) is 12.5. The van der Waals surface area contributed by atoms with Gasteiger partial charge in [-0.15, -0.1) is 0 Å². The summed E-state index contributed by atoms with van der Waals surface area (Å²) in [5.41, 5.74) is -0.401. The smallest absolute Gasteiger partial charge is 0.0771 e. The zero-order valence-electron chi connectivity index (χ0n) is 13.0. The average molecular weight is 267 g/mol. The minimum Gasteiger partial charge on any atom is -0.389 e. The average Bonchev–Trinajstić information content (AvgIpc) is 2.63. The quantitative estimate of drug-likeness (QED) is 0.758. The van der Waals surface area contributed by atoms with Gasteiger partial charge in [0.2, 0.25) is 0 Å². The molecule has 19 heavy (non-hydrogen) atoms. The summed E-state index contributed by atoms with van der Waals surface area (Å²) in [7, 11) is 0. The van der Waals surface area contributed by atoms with Crippen molar-refractivity contribution in [1.29, 1.82) is 0 Å². The Balaban J connectivity index is 1.73. The van der Waals surface area contributed by atoms with Crippen LogP contribution in [0.5, 0.6) is 0 Å². The first-order chi connectivity index (χ1) is 9.09. The van der Waals surface area contributed by atoms with E-state index in [9.17, 15) is 5.11 Å². The molecule has 2 fully saturated rings. The van der Waals surface area contributed by atoms with Crippen LogP contribution in [-0.2, 0) is 0 Å². The van der Waals surface area contributed by atoms with E-state index in [1.54, 1.807) is 0 Å². The molecule has 2 atom stereocenters. The van der Waals surface area contributed by atoms with E-state index in [1.165, 1.54) is 51.4 Å². The zero-order chi connectivity index (χ0) is 13.7. The molecule has 0 aromatic rings. The fraction of sp³-hybridized carbons (Fsp3) is 1.00. The van der Waals surface area contributed by atoms with E-state index in [0.717, 1.165) is 31.2 Å². The first kappa shape index (κ1) is 15.3. The molecule has 2 N–H and O–H groups in total. The van der Waals surface area contributed by atoms with E-state index >= 15 is 0 Å². The second kappa shape index (κ2) is 7.08. The highest BCUT2D eigenvalue weighted by molar-refractivity contribution is 4.86. The number of aliphatic hydroxyl groups is 1. The van der Waals surface area contributed by atoms with Gasteiger partial charge in [-0.3, -0.25) is 0 Å². The highest BCUT2D eigenvalue weighted by Crippen LogP contribution is 2.30. The molecular weight excluding hydrogens is 234 g/mol. The molecule has 0 aromatic carbocycles. The molecule has 2 saturated carbocycles. The summed E-state index contributed by atoms with van der Waals surface area (Å²) >= 11 is 0. The molecule has 0 bridgehead atoms. The van der Waals surface area contributed by atoms with E-state index in [-0.39, 0.29) is 0 Å². The van der Waals surface area contributed by atoms with Gasteiger partial charge in [0, 0.05) is 12.6 Å². The summed E-state index contributed by atoms with van der Waals surface area (Å²) in [6, 6.07) is 0.648. The fourth-order valence-corrected chi connectivity index (χ4v) is 3.92. The minimum atomic E-state index is -0.401. The lowest BCUT2D eigenvalue weighted by atomic mass is 9.84. The maximum Gasteiger partial charge on any atom is 0.0771 e. The van der Waals surface area contributed by atoms with Crippen LogP contribution < -0.4 is 5.32 Å². The van der Waals surface area contributed by atoms with Gasteiger partial charge in [-0.05, 0) is 43.9 Å². The fourth-order valence-electron chi connectivity index (χ4n) is 3.92. The highest BCUT2D eigenvalue weighted by Gasteiger charge is 2.30. The van der Waals surface area contributed by atoms with Crippen molar-refractivity contribution < 1.29 is 5.11 Å². The summed E-state index contributed by atoms with van der Waals surface area (Å²) in [5, 5.41) is 14.2. The second-order valence-electron chi connectivity index (χ2n) is 7.38. The summed E-state index contributed by atoms with van der Waals surface area (Å²) in [5.74, 6) is 1.76.